The second-order valence-electron chi connectivity index (χ2n) is 12.1. The van der Waals surface area contributed by atoms with Gasteiger partial charge in [-0.3, -0.25) is 19.5 Å². The lowest BCUT2D eigenvalue weighted by molar-refractivity contribution is -0.143. The van der Waals surface area contributed by atoms with E-state index in [0.717, 1.165) is 43.3 Å². The molecule has 7 rings (SSSR count). The molecule has 1 aromatic heterocycles. The zero-order chi connectivity index (χ0) is 33.0. The van der Waals surface area contributed by atoms with Crippen molar-refractivity contribution in [1.82, 2.24) is 9.88 Å². The molecule has 3 fully saturated rings. The van der Waals surface area contributed by atoms with Gasteiger partial charge in [-0.05, 0) is 84.8 Å². The predicted octanol–water partition coefficient (Wildman–Crippen LogP) is 6.76. The van der Waals surface area contributed by atoms with Crippen LogP contribution in [0, 0.1) is 11.8 Å². The van der Waals surface area contributed by atoms with Gasteiger partial charge in [-0.25, -0.2) is 0 Å². The van der Waals surface area contributed by atoms with E-state index in [4.69, 9.17) is 4.74 Å². The molecule has 3 aromatic carbocycles. The van der Waals surface area contributed by atoms with Crippen LogP contribution in [-0.4, -0.2) is 36.1 Å². The molecule has 2 bridgehead atoms. The van der Waals surface area contributed by atoms with Gasteiger partial charge in [-0.2, -0.15) is 26.3 Å². The van der Waals surface area contributed by atoms with Crippen LogP contribution >= 0.6 is 0 Å². The maximum atomic E-state index is 13.4. The maximum absolute atomic E-state index is 13.4. The topological polar surface area (TPSA) is 83.6 Å². The van der Waals surface area contributed by atoms with Gasteiger partial charge in [0, 0.05) is 30.7 Å². The normalized spacial score (nSPS) is 22.3. The first kappa shape index (κ1) is 31.8. The number of anilines is 2. The van der Waals surface area contributed by atoms with Crippen molar-refractivity contribution in [2.24, 2.45) is 11.8 Å². The first-order valence-electron chi connectivity index (χ1n) is 15.1. The summed E-state index contributed by atoms with van der Waals surface area (Å²) in [6.07, 6.45) is -5.43. The van der Waals surface area contributed by atoms with E-state index in [1.54, 1.807) is 19.4 Å². The fourth-order valence-electron chi connectivity index (χ4n) is 7.08. The Kier molecular flexibility index (Phi) is 8.24. The molecule has 3 aliphatic heterocycles. The van der Waals surface area contributed by atoms with E-state index in [-0.39, 0.29) is 29.0 Å². The van der Waals surface area contributed by atoms with E-state index in [1.807, 2.05) is 18.2 Å². The van der Waals surface area contributed by atoms with Crippen molar-refractivity contribution in [3.05, 3.63) is 91.4 Å². The van der Waals surface area contributed by atoms with E-state index < -0.39 is 46.9 Å². The number of alkyl halides is 6. The average molecular weight is 647 g/mol. The summed E-state index contributed by atoms with van der Waals surface area (Å²) >= 11 is 0. The number of halogens is 6. The van der Waals surface area contributed by atoms with Crippen LogP contribution in [0.15, 0.2) is 58.3 Å². The fourth-order valence-corrected chi connectivity index (χ4v) is 7.08. The molecule has 13 heteroatoms. The number of methoxy groups -OCH3 is 1. The van der Waals surface area contributed by atoms with Gasteiger partial charge in [0.05, 0.1) is 29.8 Å². The number of pyridine rings is 1. The highest BCUT2D eigenvalue weighted by Gasteiger charge is 2.44. The number of nitrogens with zero attached hydrogens (tertiary/aromatic N) is 2. The number of aromatic nitrogens is 1. The number of hydrogen-bond donors (Lipinski definition) is 2. The van der Waals surface area contributed by atoms with E-state index in [0.29, 0.717) is 35.2 Å². The Morgan fingerprint density at radius 3 is 2.28 bits per heavy atom. The molecule has 1 unspecified atom stereocenters. The minimum absolute atomic E-state index is 0.0444. The maximum Gasteiger partial charge on any atom is 0.416 e. The largest absolute Gasteiger partial charge is 0.497 e. The van der Waals surface area contributed by atoms with Crippen LogP contribution in [0.1, 0.15) is 54.5 Å². The standard InChI is InChI=1S/C33H32F6N4O3/c1-3-18-16-43-9-7-19(18)12-26(43)27(23-6-8-40-25-5-4-22(46-2)14-24(23)25)42-29-28(30(44)31(29)45)41-15-17-10-20(32(34,35)36)13-21(11-17)33(37,38)39/h4-6,8,10-11,13-14,18-19,26-27,41-42H,3,7,9,12,15-16H2,1-2H3/t18-,19+,26-,27-/m1/s1. The molecule has 3 saturated heterocycles. The predicted molar refractivity (Wildman–Crippen MR) is 162 cm³/mol. The van der Waals surface area contributed by atoms with Crippen LogP contribution in [0.4, 0.5) is 37.7 Å². The molecular formula is C33H32F6N4O3. The number of ether oxygens (including phenoxy) is 1. The summed E-state index contributed by atoms with van der Waals surface area (Å²) in [6, 6.07) is 7.99. The second-order valence-corrected chi connectivity index (χ2v) is 12.1. The lowest BCUT2D eigenvalue weighted by atomic mass is 9.72. The average Bonchev–Trinajstić information content (AvgIpc) is 3.04. The van der Waals surface area contributed by atoms with Crippen molar-refractivity contribution in [3.8, 4) is 5.75 Å². The Bertz CT molecular complexity index is 1800. The Morgan fingerprint density at radius 1 is 0.978 bits per heavy atom. The molecule has 244 valence electrons. The molecule has 0 spiro atoms. The molecule has 7 nitrogen and oxygen atoms in total. The second kappa shape index (κ2) is 11.9. The van der Waals surface area contributed by atoms with Gasteiger partial charge in [-0.1, -0.05) is 13.3 Å². The highest BCUT2D eigenvalue weighted by atomic mass is 19.4. The molecule has 0 amide bonds. The highest BCUT2D eigenvalue weighted by Crippen LogP contribution is 2.44. The Labute approximate surface area is 260 Å². The van der Waals surface area contributed by atoms with Gasteiger partial charge in [0.1, 0.15) is 17.1 Å². The van der Waals surface area contributed by atoms with Crippen molar-refractivity contribution < 1.29 is 31.1 Å². The van der Waals surface area contributed by atoms with Gasteiger partial charge >= 0.3 is 12.4 Å². The third kappa shape index (κ3) is 5.92. The smallest absolute Gasteiger partial charge is 0.416 e. The molecule has 46 heavy (non-hydrogen) atoms. The number of benzene rings is 2. The number of fused-ring (bicyclic) bond motifs is 4. The summed E-state index contributed by atoms with van der Waals surface area (Å²) in [7, 11) is 1.55. The lowest BCUT2D eigenvalue weighted by Gasteiger charge is -2.52. The van der Waals surface area contributed by atoms with E-state index in [9.17, 15) is 35.9 Å². The molecule has 2 N–H and O–H groups in total. The van der Waals surface area contributed by atoms with Crippen LogP contribution in [0.3, 0.4) is 0 Å². The summed E-state index contributed by atoms with van der Waals surface area (Å²) in [4.78, 5) is 32.6. The van der Waals surface area contributed by atoms with Gasteiger partial charge < -0.3 is 15.4 Å². The Balaban J connectivity index is 1.36. The van der Waals surface area contributed by atoms with Gasteiger partial charge in [0.15, 0.2) is 0 Å². The molecule has 0 aliphatic carbocycles. The summed E-state index contributed by atoms with van der Waals surface area (Å²) in [5.74, 6) is 1.62. The number of piperidine rings is 3. The van der Waals surface area contributed by atoms with Crippen LogP contribution in [0.2, 0.25) is 0 Å². The van der Waals surface area contributed by atoms with Crippen molar-refractivity contribution in [2.75, 3.05) is 30.8 Å². The molecule has 3 aliphatic rings. The zero-order valence-electron chi connectivity index (χ0n) is 25.1. The summed E-state index contributed by atoms with van der Waals surface area (Å²) in [5, 5.41) is 6.74. The molecule has 0 saturated carbocycles. The molecule has 0 radical (unpaired) electrons. The van der Waals surface area contributed by atoms with Crippen molar-refractivity contribution in [1.29, 1.82) is 0 Å². The SMILES string of the molecule is CC[C@@H]1CN2CC[C@H]1C[C@@H]2[C@H](Nc1c(NCc2cc(C(F)(F)F)cc(C(F)(F)F)c2)c(=O)c1=O)c1ccnc2ccc(OC)cc12. The van der Waals surface area contributed by atoms with E-state index >= 15 is 0 Å². The first-order chi connectivity index (χ1) is 21.8. The minimum atomic E-state index is -5.01. The summed E-state index contributed by atoms with van der Waals surface area (Å²) in [6.45, 7) is 3.38. The molecule has 4 aromatic rings. The van der Waals surface area contributed by atoms with E-state index in [1.165, 1.54) is 0 Å². The van der Waals surface area contributed by atoms with E-state index in [2.05, 4.69) is 27.4 Å². The summed E-state index contributed by atoms with van der Waals surface area (Å²) < 4.78 is 86.0. The van der Waals surface area contributed by atoms with Crippen LogP contribution < -0.4 is 26.2 Å². The minimum Gasteiger partial charge on any atom is -0.497 e. The number of nitrogens with one attached hydrogen (secondary N) is 2. The van der Waals surface area contributed by atoms with Gasteiger partial charge in [0.2, 0.25) is 0 Å². The Morgan fingerprint density at radius 2 is 1.67 bits per heavy atom. The van der Waals surface area contributed by atoms with Crippen LogP contribution in [0.25, 0.3) is 10.9 Å². The lowest BCUT2D eigenvalue weighted by Crippen LogP contribution is -2.56. The molecular weight excluding hydrogens is 614 g/mol. The zero-order valence-corrected chi connectivity index (χ0v) is 25.1. The van der Waals surface area contributed by atoms with Gasteiger partial charge in [0.25, 0.3) is 10.9 Å². The number of hydrogen-bond acceptors (Lipinski definition) is 7. The molecule has 5 atom stereocenters. The first-order valence-corrected chi connectivity index (χ1v) is 15.1. The monoisotopic (exact) mass is 646 g/mol. The van der Waals surface area contributed by atoms with Crippen LogP contribution in [-0.2, 0) is 18.9 Å². The number of rotatable bonds is 9. The highest BCUT2D eigenvalue weighted by molar-refractivity contribution is 5.85. The summed E-state index contributed by atoms with van der Waals surface area (Å²) in [5.41, 5.74) is -3.70. The van der Waals surface area contributed by atoms with Crippen molar-refractivity contribution >= 4 is 22.3 Å². The van der Waals surface area contributed by atoms with Crippen molar-refractivity contribution in [2.45, 2.75) is 57.2 Å². The Hall–Kier alpha value is -4.13. The van der Waals surface area contributed by atoms with Gasteiger partial charge in [-0.15, -0.1) is 0 Å². The molecule has 4 heterocycles. The third-order valence-electron chi connectivity index (χ3n) is 9.49. The van der Waals surface area contributed by atoms with Crippen LogP contribution in [0.5, 0.6) is 5.75 Å². The quantitative estimate of drug-likeness (QED) is 0.154. The fraction of sp³-hybridized carbons (Fsp3) is 0.424. The van der Waals surface area contributed by atoms with Crippen molar-refractivity contribution in [3.63, 3.8) is 0 Å². The third-order valence-corrected chi connectivity index (χ3v) is 9.49.